The molecule has 3 heterocycles. The molecule has 0 aromatic carbocycles. The molecule has 6 nitrogen and oxygen atoms in total. The Labute approximate surface area is 138 Å². The smallest absolute Gasteiger partial charge is 0.277 e. The van der Waals surface area contributed by atoms with E-state index >= 15 is 0 Å². The van der Waals surface area contributed by atoms with Crippen LogP contribution >= 0.6 is 0 Å². The third kappa shape index (κ3) is 2.03. The zero-order chi connectivity index (χ0) is 16.1. The minimum Gasteiger partial charge on any atom is -0.305 e. The predicted octanol–water partition coefficient (Wildman–Crippen LogP) is 2.57. The van der Waals surface area contributed by atoms with Crippen LogP contribution in [0.15, 0.2) is 48.9 Å². The number of amides is 1. The van der Waals surface area contributed by atoms with Crippen LogP contribution < -0.4 is 5.32 Å². The summed E-state index contributed by atoms with van der Waals surface area (Å²) in [6.07, 6.45) is 7.29. The largest absolute Gasteiger partial charge is 0.305 e. The van der Waals surface area contributed by atoms with Gasteiger partial charge in [-0.25, -0.2) is 9.67 Å². The van der Waals surface area contributed by atoms with Crippen LogP contribution in [0.4, 0.5) is 5.82 Å². The van der Waals surface area contributed by atoms with Gasteiger partial charge in [0.25, 0.3) is 5.91 Å². The maximum absolute atomic E-state index is 12.7. The number of hydrogen-bond acceptors (Lipinski definition) is 4. The van der Waals surface area contributed by atoms with Gasteiger partial charge in [0.15, 0.2) is 5.69 Å². The molecule has 1 N–H and O–H groups in total. The molecule has 0 unspecified atom stereocenters. The van der Waals surface area contributed by atoms with E-state index in [1.54, 1.807) is 24.7 Å². The van der Waals surface area contributed by atoms with Crippen LogP contribution in [0, 0.1) is 5.92 Å². The number of rotatable bonds is 3. The second kappa shape index (κ2) is 4.99. The lowest BCUT2D eigenvalue weighted by Crippen LogP contribution is -2.15. The topological polar surface area (TPSA) is 72.7 Å². The van der Waals surface area contributed by atoms with E-state index in [-0.39, 0.29) is 5.91 Å². The third-order valence-corrected chi connectivity index (χ3v) is 4.79. The van der Waals surface area contributed by atoms with E-state index in [4.69, 9.17) is 0 Å². The van der Waals surface area contributed by atoms with Gasteiger partial charge in [-0.3, -0.25) is 9.78 Å². The van der Waals surface area contributed by atoms with Gasteiger partial charge in [0.05, 0.1) is 11.4 Å². The fourth-order valence-corrected chi connectivity index (χ4v) is 3.59. The molecule has 3 aromatic rings. The minimum absolute atomic E-state index is 0.195. The molecule has 1 amide bonds. The molecule has 0 bridgehead atoms. The molecule has 6 heteroatoms. The van der Waals surface area contributed by atoms with Gasteiger partial charge in [0.1, 0.15) is 5.82 Å². The Morgan fingerprint density at radius 1 is 1.17 bits per heavy atom. The molecule has 0 saturated heterocycles. The van der Waals surface area contributed by atoms with Gasteiger partial charge >= 0.3 is 0 Å². The van der Waals surface area contributed by atoms with Crippen LogP contribution in [0.25, 0.3) is 5.69 Å². The van der Waals surface area contributed by atoms with Crippen molar-refractivity contribution >= 4 is 11.7 Å². The highest BCUT2D eigenvalue weighted by Gasteiger charge is 2.50. The highest BCUT2D eigenvalue weighted by Crippen LogP contribution is 2.57. The highest BCUT2D eigenvalue weighted by atomic mass is 16.2. The summed E-state index contributed by atoms with van der Waals surface area (Å²) in [7, 11) is 0. The van der Waals surface area contributed by atoms with E-state index in [1.807, 2.05) is 28.9 Å². The maximum Gasteiger partial charge on any atom is 0.277 e. The SMILES string of the molecule is O=C(Nc1ccccn1)c1nn(-c2ccncc2)c2c1C[C@H]1C[C@@H]21. The number of hydrogen-bond donors (Lipinski definition) is 1. The quantitative estimate of drug-likeness (QED) is 0.806. The Kier molecular flexibility index (Phi) is 2.79. The van der Waals surface area contributed by atoms with E-state index in [0.717, 1.165) is 17.7 Å². The Balaban J connectivity index is 1.56. The molecular formula is C18H15N5O. The van der Waals surface area contributed by atoms with Crippen molar-refractivity contribution in [2.24, 2.45) is 5.92 Å². The lowest BCUT2D eigenvalue weighted by Gasteiger charge is -2.05. The summed E-state index contributed by atoms with van der Waals surface area (Å²) in [6.45, 7) is 0. The summed E-state index contributed by atoms with van der Waals surface area (Å²) < 4.78 is 1.92. The lowest BCUT2D eigenvalue weighted by molar-refractivity contribution is 0.102. The van der Waals surface area contributed by atoms with Gasteiger partial charge in [-0.05, 0) is 43.0 Å². The van der Waals surface area contributed by atoms with Gasteiger partial charge in [-0.1, -0.05) is 6.07 Å². The molecule has 3 aromatic heterocycles. The van der Waals surface area contributed by atoms with E-state index in [2.05, 4.69) is 20.4 Å². The van der Waals surface area contributed by atoms with Crippen molar-refractivity contribution in [3.8, 4) is 5.69 Å². The minimum atomic E-state index is -0.195. The summed E-state index contributed by atoms with van der Waals surface area (Å²) in [4.78, 5) is 20.9. The van der Waals surface area contributed by atoms with Crippen LogP contribution in [0.3, 0.4) is 0 Å². The molecule has 2 atom stereocenters. The van der Waals surface area contributed by atoms with Crippen LogP contribution in [0.5, 0.6) is 0 Å². The molecule has 5 rings (SSSR count). The van der Waals surface area contributed by atoms with Crippen molar-refractivity contribution in [2.75, 3.05) is 5.32 Å². The number of carbonyl (C=O) groups is 1. The number of nitrogens with zero attached hydrogens (tertiary/aromatic N) is 4. The second-order valence-corrected chi connectivity index (χ2v) is 6.31. The van der Waals surface area contributed by atoms with E-state index < -0.39 is 0 Å². The third-order valence-electron chi connectivity index (χ3n) is 4.79. The zero-order valence-corrected chi connectivity index (χ0v) is 12.9. The summed E-state index contributed by atoms with van der Waals surface area (Å²) in [5.41, 5.74) is 3.74. The van der Waals surface area contributed by atoms with Crippen LogP contribution in [-0.2, 0) is 6.42 Å². The molecule has 0 spiro atoms. The number of nitrogens with one attached hydrogen (secondary N) is 1. The monoisotopic (exact) mass is 317 g/mol. The van der Waals surface area contributed by atoms with E-state index in [9.17, 15) is 4.79 Å². The van der Waals surface area contributed by atoms with Crippen molar-refractivity contribution in [3.05, 3.63) is 65.9 Å². The van der Waals surface area contributed by atoms with Crippen molar-refractivity contribution in [1.29, 1.82) is 0 Å². The Morgan fingerprint density at radius 2 is 2.04 bits per heavy atom. The van der Waals surface area contributed by atoms with Gasteiger partial charge in [-0.2, -0.15) is 5.10 Å². The van der Waals surface area contributed by atoms with Gasteiger partial charge in [0, 0.05) is 30.1 Å². The predicted molar refractivity (Wildman–Crippen MR) is 88.1 cm³/mol. The molecule has 0 aliphatic heterocycles. The molecule has 24 heavy (non-hydrogen) atoms. The zero-order valence-electron chi connectivity index (χ0n) is 12.9. The van der Waals surface area contributed by atoms with E-state index in [0.29, 0.717) is 23.3 Å². The molecule has 118 valence electrons. The normalized spacial score (nSPS) is 20.3. The molecule has 0 radical (unpaired) electrons. The lowest BCUT2D eigenvalue weighted by atomic mass is 10.1. The van der Waals surface area contributed by atoms with Gasteiger partial charge in [-0.15, -0.1) is 0 Å². The summed E-state index contributed by atoms with van der Waals surface area (Å²) in [5.74, 6) is 1.56. The second-order valence-electron chi connectivity index (χ2n) is 6.31. The fraction of sp³-hybridized carbons (Fsp3) is 0.222. The Bertz CT molecular complexity index is 919. The number of pyridine rings is 2. The van der Waals surface area contributed by atoms with Crippen LogP contribution in [-0.4, -0.2) is 25.7 Å². The van der Waals surface area contributed by atoms with Gasteiger partial charge < -0.3 is 5.32 Å². The van der Waals surface area contributed by atoms with Crippen LogP contribution in [0.1, 0.15) is 34.1 Å². The van der Waals surface area contributed by atoms with E-state index in [1.165, 1.54) is 12.1 Å². The first-order valence-corrected chi connectivity index (χ1v) is 8.06. The van der Waals surface area contributed by atoms with Crippen molar-refractivity contribution in [2.45, 2.75) is 18.8 Å². The van der Waals surface area contributed by atoms with Crippen LogP contribution in [0.2, 0.25) is 0 Å². The number of anilines is 1. The summed E-state index contributed by atoms with van der Waals surface area (Å²) in [6, 6.07) is 9.28. The highest BCUT2D eigenvalue weighted by molar-refractivity contribution is 6.03. The standard InChI is InChI=1S/C18H15N5O/c24-18(21-15-3-1-2-6-20-15)16-14-10-11-9-13(11)17(14)23(22-16)12-4-7-19-8-5-12/h1-8,11,13H,9-10H2,(H,20,21,24)/t11-,13-/m1/s1. The average Bonchev–Trinajstić information content (AvgIpc) is 3.12. The maximum atomic E-state index is 12.7. The fourth-order valence-electron chi connectivity index (χ4n) is 3.59. The first-order valence-electron chi connectivity index (χ1n) is 8.06. The van der Waals surface area contributed by atoms with Crippen molar-refractivity contribution in [1.82, 2.24) is 19.7 Å². The molecule has 1 fully saturated rings. The molecular weight excluding hydrogens is 302 g/mol. The van der Waals surface area contributed by atoms with Crippen molar-refractivity contribution in [3.63, 3.8) is 0 Å². The first-order chi connectivity index (χ1) is 11.8. The molecule has 2 aliphatic rings. The summed E-state index contributed by atoms with van der Waals surface area (Å²) in [5, 5.41) is 7.47. The Hall–Kier alpha value is -3.02. The number of fused-ring (bicyclic) bond motifs is 3. The Morgan fingerprint density at radius 3 is 2.83 bits per heavy atom. The summed E-state index contributed by atoms with van der Waals surface area (Å²) >= 11 is 0. The average molecular weight is 317 g/mol. The van der Waals surface area contributed by atoms with Crippen molar-refractivity contribution < 1.29 is 4.79 Å². The first kappa shape index (κ1) is 13.4. The molecule has 1 saturated carbocycles. The number of aromatic nitrogens is 4. The number of carbonyl (C=O) groups excluding carboxylic acids is 1. The van der Waals surface area contributed by atoms with Gasteiger partial charge in [0.2, 0.25) is 0 Å². The molecule has 2 aliphatic carbocycles.